The summed E-state index contributed by atoms with van der Waals surface area (Å²) in [5, 5.41) is 11.4. The number of benzene rings is 1. The smallest absolute Gasteiger partial charge is 0.269 e. The first kappa shape index (κ1) is 15.9. The van der Waals surface area contributed by atoms with Crippen LogP contribution >= 0.6 is 15.9 Å². The van der Waals surface area contributed by atoms with Crippen LogP contribution in [0.5, 0.6) is 0 Å². The molecule has 0 amide bonds. The van der Waals surface area contributed by atoms with E-state index >= 15 is 0 Å². The largest absolute Gasteiger partial charge is 0.374 e. The van der Waals surface area contributed by atoms with Crippen LogP contribution in [0.1, 0.15) is 12.0 Å². The van der Waals surface area contributed by atoms with Crippen molar-refractivity contribution in [3.8, 4) is 0 Å². The van der Waals surface area contributed by atoms with E-state index in [4.69, 9.17) is 0 Å². The number of alkyl halides is 1. The van der Waals surface area contributed by atoms with Gasteiger partial charge in [-0.25, -0.2) is 0 Å². The molecule has 0 spiro atoms. The lowest BCUT2D eigenvalue weighted by Gasteiger charge is -2.22. The van der Waals surface area contributed by atoms with Crippen LogP contribution in [0, 0.1) is 10.1 Å². The fourth-order valence-corrected chi connectivity index (χ4v) is 2.36. The van der Waals surface area contributed by atoms with Gasteiger partial charge in [-0.05, 0) is 38.7 Å². The maximum atomic E-state index is 10.8. The Bertz CT molecular complexity index is 438. The van der Waals surface area contributed by atoms with Crippen molar-refractivity contribution in [1.82, 2.24) is 4.90 Å². The average molecular weight is 330 g/mol. The summed E-state index contributed by atoms with van der Waals surface area (Å²) in [5.74, 6) is 0. The summed E-state index contributed by atoms with van der Waals surface area (Å²) >= 11 is 3.39. The van der Waals surface area contributed by atoms with Crippen LogP contribution in [0.2, 0.25) is 0 Å². The van der Waals surface area contributed by atoms with E-state index in [1.165, 1.54) is 0 Å². The van der Waals surface area contributed by atoms with Gasteiger partial charge in [0.15, 0.2) is 0 Å². The van der Waals surface area contributed by atoms with Crippen molar-refractivity contribution in [3.63, 3.8) is 0 Å². The van der Waals surface area contributed by atoms with Crippen molar-refractivity contribution in [2.75, 3.05) is 39.1 Å². The summed E-state index contributed by atoms with van der Waals surface area (Å²) in [6.45, 7) is 1.96. The second-order valence-electron chi connectivity index (χ2n) is 4.78. The average Bonchev–Trinajstić information content (AvgIpc) is 2.37. The highest BCUT2D eigenvalue weighted by molar-refractivity contribution is 9.08. The molecule has 6 heteroatoms. The third-order valence-electron chi connectivity index (χ3n) is 2.93. The molecule has 1 aromatic carbocycles. The van der Waals surface area contributed by atoms with Crippen LogP contribution in [-0.4, -0.2) is 44.1 Å². The summed E-state index contributed by atoms with van der Waals surface area (Å²) in [6, 6.07) is 5.01. The molecule has 106 valence electrons. The number of anilines is 1. The van der Waals surface area contributed by atoms with E-state index in [1.807, 2.05) is 13.1 Å². The van der Waals surface area contributed by atoms with E-state index in [-0.39, 0.29) is 10.6 Å². The number of non-ortho nitro benzene ring substituents is 1. The molecule has 0 bridgehead atoms. The van der Waals surface area contributed by atoms with Crippen LogP contribution in [0.15, 0.2) is 18.2 Å². The molecule has 0 radical (unpaired) electrons. The highest BCUT2D eigenvalue weighted by Gasteiger charge is 2.12. The zero-order chi connectivity index (χ0) is 14.4. The third-order valence-corrected chi connectivity index (χ3v) is 3.53. The first-order chi connectivity index (χ1) is 8.95. The molecule has 0 aliphatic carbocycles. The summed E-state index contributed by atoms with van der Waals surface area (Å²) in [6.07, 6.45) is 1.06. The number of nitro groups is 1. The van der Waals surface area contributed by atoms with Gasteiger partial charge in [-0.3, -0.25) is 10.1 Å². The van der Waals surface area contributed by atoms with Crippen molar-refractivity contribution in [2.24, 2.45) is 0 Å². The van der Waals surface area contributed by atoms with Gasteiger partial charge in [-0.15, -0.1) is 0 Å². The molecule has 0 saturated carbocycles. The molecule has 5 nitrogen and oxygen atoms in total. The van der Waals surface area contributed by atoms with Crippen molar-refractivity contribution < 1.29 is 4.92 Å². The number of nitro benzene ring substituents is 1. The third kappa shape index (κ3) is 4.80. The quantitative estimate of drug-likeness (QED) is 0.438. The van der Waals surface area contributed by atoms with Crippen LogP contribution in [0.4, 0.5) is 11.4 Å². The minimum absolute atomic E-state index is 0.139. The number of nitrogens with zero attached hydrogens (tertiary/aromatic N) is 3. The van der Waals surface area contributed by atoms with Gasteiger partial charge in [-0.1, -0.05) is 15.9 Å². The van der Waals surface area contributed by atoms with Gasteiger partial charge < -0.3 is 9.80 Å². The standard InChI is InChI=1S/C13H20BrN3O2/c1-15(2)7-4-8-16(3)13-6-5-12(17(18)19)9-11(13)10-14/h5-6,9H,4,7-8,10H2,1-3H3. The zero-order valence-corrected chi connectivity index (χ0v) is 13.2. The Balaban J connectivity index is 2.78. The lowest BCUT2D eigenvalue weighted by Crippen LogP contribution is -2.24. The fraction of sp³-hybridized carbons (Fsp3) is 0.538. The maximum absolute atomic E-state index is 10.8. The number of rotatable bonds is 7. The van der Waals surface area contributed by atoms with E-state index in [1.54, 1.807) is 12.1 Å². The van der Waals surface area contributed by atoms with Gasteiger partial charge in [0.05, 0.1) is 4.92 Å². The molecule has 0 aliphatic heterocycles. The second-order valence-corrected chi connectivity index (χ2v) is 5.34. The Kier molecular flexibility index (Phi) is 6.24. The van der Waals surface area contributed by atoms with Crippen LogP contribution in [0.3, 0.4) is 0 Å². The maximum Gasteiger partial charge on any atom is 0.269 e. The Morgan fingerprint density at radius 1 is 1.26 bits per heavy atom. The van der Waals surface area contributed by atoms with Crippen LogP contribution in [0.25, 0.3) is 0 Å². The number of hydrogen-bond acceptors (Lipinski definition) is 4. The molecule has 0 unspecified atom stereocenters. The Labute approximate surface area is 122 Å². The monoisotopic (exact) mass is 329 g/mol. The van der Waals surface area contributed by atoms with Gasteiger partial charge in [0.25, 0.3) is 5.69 Å². The molecule has 1 aromatic rings. The van der Waals surface area contributed by atoms with Crippen molar-refractivity contribution in [3.05, 3.63) is 33.9 Å². The SMILES string of the molecule is CN(C)CCCN(C)c1ccc([N+](=O)[O-])cc1CBr. The number of halogens is 1. The van der Waals surface area contributed by atoms with E-state index in [9.17, 15) is 10.1 Å². The molecule has 1 rings (SSSR count). The Morgan fingerprint density at radius 2 is 1.95 bits per heavy atom. The molecule has 0 heterocycles. The minimum Gasteiger partial charge on any atom is -0.374 e. The highest BCUT2D eigenvalue weighted by Crippen LogP contribution is 2.26. The molecule has 0 aliphatic rings. The van der Waals surface area contributed by atoms with Gasteiger partial charge in [0.1, 0.15) is 0 Å². The second kappa shape index (κ2) is 7.45. The van der Waals surface area contributed by atoms with Crippen molar-refractivity contribution in [1.29, 1.82) is 0 Å². The predicted molar refractivity (Wildman–Crippen MR) is 82.2 cm³/mol. The summed E-state index contributed by atoms with van der Waals surface area (Å²) in [7, 11) is 6.12. The normalized spacial score (nSPS) is 10.8. The van der Waals surface area contributed by atoms with Gasteiger partial charge in [-0.2, -0.15) is 0 Å². The number of hydrogen-bond donors (Lipinski definition) is 0. The van der Waals surface area contributed by atoms with E-state index < -0.39 is 0 Å². The molecular formula is C13H20BrN3O2. The molecule has 19 heavy (non-hydrogen) atoms. The van der Waals surface area contributed by atoms with Gasteiger partial charge in [0, 0.05) is 36.7 Å². The molecular weight excluding hydrogens is 310 g/mol. The van der Waals surface area contributed by atoms with E-state index in [0.29, 0.717) is 5.33 Å². The van der Waals surface area contributed by atoms with Crippen LogP contribution < -0.4 is 4.90 Å². The van der Waals surface area contributed by atoms with Crippen molar-refractivity contribution in [2.45, 2.75) is 11.8 Å². The lowest BCUT2D eigenvalue weighted by atomic mass is 10.1. The predicted octanol–water partition coefficient (Wildman–Crippen LogP) is 2.88. The van der Waals surface area contributed by atoms with Gasteiger partial charge in [0.2, 0.25) is 0 Å². The molecule has 0 aromatic heterocycles. The molecule has 0 atom stereocenters. The van der Waals surface area contributed by atoms with Gasteiger partial charge >= 0.3 is 0 Å². The van der Waals surface area contributed by atoms with Crippen molar-refractivity contribution >= 4 is 27.3 Å². The zero-order valence-electron chi connectivity index (χ0n) is 11.6. The summed E-state index contributed by atoms with van der Waals surface area (Å²) < 4.78 is 0. The fourth-order valence-electron chi connectivity index (χ4n) is 1.91. The van der Waals surface area contributed by atoms with E-state index in [2.05, 4.69) is 39.8 Å². The molecule has 0 saturated heterocycles. The summed E-state index contributed by atoms with van der Waals surface area (Å²) in [4.78, 5) is 14.7. The first-order valence-electron chi connectivity index (χ1n) is 6.15. The minimum atomic E-state index is -0.359. The highest BCUT2D eigenvalue weighted by atomic mass is 79.9. The first-order valence-corrected chi connectivity index (χ1v) is 7.27. The van der Waals surface area contributed by atoms with Crippen LogP contribution in [-0.2, 0) is 5.33 Å². The topological polar surface area (TPSA) is 49.6 Å². The summed E-state index contributed by atoms with van der Waals surface area (Å²) in [5.41, 5.74) is 2.13. The molecule has 0 N–H and O–H groups in total. The van der Waals surface area contributed by atoms with E-state index in [0.717, 1.165) is 30.8 Å². The lowest BCUT2D eigenvalue weighted by molar-refractivity contribution is -0.384. The Morgan fingerprint density at radius 3 is 2.47 bits per heavy atom. The Hall–Kier alpha value is -1.14. The molecule has 0 fully saturated rings.